The number of hydrogen-bond donors (Lipinski definition) is 2. The van der Waals surface area contributed by atoms with E-state index in [0.717, 1.165) is 0 Å². The Morgan fingerprint density at radius 3 is 2.46 bits per heavy atom. The van der Waals surface area contributed by atoms with Gasteiger partial charge in [-0.05, 0) is 30.0 Å². The van der Waals surface area contributed by atoms with Crippen molar-refractivity contribution >= 4 is 23.2 Å². The fraction of sp³-hybridized carbons (Fsp3) is 0.421. The second-order valence-electron chi connectivity index (χ2n) is 7.01. The van der Waals surface area contributed by atoms with E-state index in [4.69, 9.17) is 9.84 Å². The molecule has 1 amide bonds. The van der Waals surface area contributed by atoms with E-state index in [9.17, 15) is 9.59 Å². The first kappa shape index (κ1) is 19.9. The van der Waals surface area contributed by atoms with Crippen molar-refractivity contribution in [2.75, 3.05) is 6.54 Å². The Bertz CT molecular complexity index is 763. The first-order valence-corrected chi connectivity index (χ1v) is 9.27. The third-order valence-corrected chi connectivity index (χ3v) is 4.72. The van der Waals surface area contributed by atoms with E-state index in [2.05, 4.69) is 31.1 Å². The van der Waals surface area contributed by atoms with Gasteiger partial charge in [0.25, 0.3) is 5.91 Å². The van der Waals surface area contributed by atoms with Gasteiger partial charge in [0.2, 0.25) is 0 Å². The fourth-order valence-corrected chi connectivity index (χ4v) is 3.02. The smallest absolute Gasteiger partial charge is 0.355 e. The van der Waals surface area contributed by atoms with Crippen LogP contribution in [0.3, 0.4) is 0 Å². The SMILES string of the molecule is CC(Oc1ccc(C(C)(C)C)cc1)C(=O)NCCc1nc(C(=O)O)cs1. The molecular weight excluding hydrogens is 352 g/mol. The number of carboxylic acid groups (broad SMARTS) is 1. The van der Waals surface area contributed by atoms with Crippen molar-refractivity contribution in [3.05, 3.63) is 45.9 Å². The van der Waals surface area contributed by atoms with Gasteiger partial charge in [0, 0.05) is 18.3 Å². The van der Waals surface area contributed by atoms with E-state index >= 15 is 0 Å². The summed E-state index contributed by atoms with van der Waals surface area (Å²) in [6, 6.07) is 7.74. The number of nitrogens with one attached hydrogen (secondary N) is 1. The first-order chi connectivity index (χ1) is 12.2. The summed E-state index contributed by atoms with van der Waals surface area (Å²) in [7, 11) is 0. The Kier molecular flexibility index (Phi) is 6.37. The third-order valence-electron chi connectivity index (χ3n) is 3.81. The summed E-state index contributed by atoms with van der Waals surface area (Å²) in [5, 5.41) is 13.8. The van der Waals surface area contributed by atoms with Gasteiger partial charge in [-0.15, -0.1) is 11.3 Å². The standard InChI is InChI=1S/C19H24N2O4S/c1-12(25-14-7-5-13(6-8-14)19(2,3)4)17(22)20-10-9-16-21-15(11-26-16)18(23)24/h5-8,11-12H,9-10H2,1-4H3,(H,20,22)(H,23,24). The second-order valence-corrected chi connectivity index (χ2v) is 7.95. The van der Waals surface area contributed by atoms with Crippen molar-refractivity contribution in [3.63, 3.8) is 0 Å². The van der Waals surface area contributed by atoms with Gasteiger partial charge in [0.1, 0.15) is 5.75 Å². The molecule has 7 heteroatoms. The molecule has 1 aromatic carbocycles. The van der Waals surface area contributed by atoms with Crippen molar-refractivity contribution in [2.24, 2.45) is 0 Å². The molecule has 1 heterocycles. The van der Waals surface area contributed by atoms with Crippen LogP contribution in [-0.2, 0) is 16.6 Å². The second kappa shape index (κ2) is 8.31. The van der Waals surface area contributed by atoms with Gasteiger partial charge in [-0.3, -0.25) is 4.79 Å². The zero-order valence-corrected chi connectivity index (χ0v) is 16.2. The first-order valence-electron chi connectivity index (χ1n) is 8.39. The molecule has 1 aromatic heterocycles. The summed E-state index contributed by atoms with van der Waals surface area (Å²) in [4.78, 5) is 26.9. The molecule has 0 radical (unpaired) electrons. The number of benzene rings is 1. The van der Waals surface area contributed by atoms with Crippen LogP contribution >= 0.6 is 11.3 Å². The molecule has 2 aromatic rings. The molecule has 0 saturated heterocycles. The number of carbonyl (C=O) groups excluding carboxylic acids is 1. The molecule has 140 valence electrons. The number of aromatic nitrogens is 1. The van der Waals surface area contributed by atoms with Crippen molar-refractivity contribution in [1.82, 2.24) is 10.3 Å². The number of carbonyl (C=O) groups is 2. The number of ether oxygens (including phenoxy) is 1. The maximum atomic E-state index is 12.1. The number of nitrogens with zero attached hydrogens (tertiary/aromatic N) is 1. The van der Waals surface area contributed by atoms with Crippen LogP contribution in [0, 0.1) is 0 Å². The molecule has 2 rings (SSSR count). The lowest BCUT2D eigenvalue weighted by Crippen LogP contribution is -2.37. The van der Waals surface area contributed by atoms with E-state index in [0.29, 0.717) is 23.7 Å². The maximum absolute atomic E-state index is 12.1. The van der Waals surface area contributed by atoms with E-state index in [1.54, 1.807) is 6.92 Å². The zero-order chi connectivity index (χ0) is 19.3. The molecular formula is C19H24N2O4S. The molecule has 0 fully saturated rings. The Morgan fingerprint density at radius 1 is 1.27 bits per heavy atom. The Labute approximate surface area is 157 Å². The van der Waals surface area contributed by atoms with Gasteiger partial charge < -0.3 is 15.2 Å². The average Bonchev–Trinajstić information content (AvgIpc) is 3.03. The van der Waals surface area contributed by atoms with Gasteiger partial charge in [0.05, 0.1) is 5.01 Å². The van der Waals surface area contributed by atoms with E-state index in [-0.39, 0.29) is 17.0 Å². The summed E-state index contributed by atoms with van der Waals surface area (Å²) in [6.45, 7) is 8.49. The molecule has 6 nitrogen and oxygen atoms in total. The summed E-state index contributed by atoms with van der Waals surface area (Å²) in [6.07, 6.45) is -0.141. The van der Waals surface area contributed by atoms with Crippen LogP contribution in [0.15, 0.2) is 29.6 Å². The van der Waals surface area contributed by atoms with Crippen molar-refractivity contribution in [2.45, 2.75) is 45.6 Å². The molecule has 0 spiro atoms. The Hall–Kier alpha value is -2.41. The molecule has 0 bridgehead atoms. The lowest BCUT2D eigenvalue weighted by molar-refractivity contribution is -0.127. The van der Waals surface area contributed by atoms with Crippen LogP contribution in [0.5, 0.6) is 5.75 Å². The zero-order valence-electron chi connectivity index (χ0n) is 15.4. The van der Waals surface area contributed by atoms with E-state index in [1.807, 2.05) is 24.3 Å². The molecule has 1 unspecified atom stereocenters. The molecule has 0 aliphatic heterocycles. The average molecular weight is 376 g/mol. The number of carboxylic acids is 1. The summed E-state index contributed by atoms with van der Waals surface area (Å²) < 4.78 is 5.68. The maximum Gasteiger partial charge on any atom is 0.355 e. The number of hydrogen-bond acceptors (Lipinski definition) is 5. The van der Waals surface area contributed by atoms with Crippen molar-refractivity contribution < 1.29 is 19.4 Å². The van der Waals surface area contributed by atoms with Crippen LogP contribution in [-0.4, -0.2) is 34.6 Å². The number of rotatable bonds is 7. The molecule has 0 saturated carbocycles. The highest BCUT2D eigenvalue weighted by Gasteiger charge is 2.16. The van der Waals surface area contributed by atoms with Crippen LogP contribution in [0.1, 0.15) is 48.8 Å². The summed E-state index contributed by atoms with van der Waals surface area (Å²) >= 11 is 1.27. The monoisotopic (exact) mass is 376 g/mol. The van der Waals surface area contributed by atoms with Crippen LogP contribution in [0.4, 0.5) is 0 Å². The predicted octanol–water partition coefficient (Wildman–Crippen LogP) is 3.27. The van der Waals surface area contributed by atoms with Gasteiger partial charge in [-0.25, -0.2) is 9.78 Å². The highest BCUT2D eigenvalue weighted by atomic mass is 32.1. The number of amides is 1. The lowest BCUT2D eigenvalue weighted by atomic mass is 9.87. The minimum absolute atomic E-state index is 0.0340. The largest absolute Gasteiger partial charge is 0.481 e. The molecule has 0 aliphatic carbocycles. The summed E-state index contributed by atoms with van der Waals surface area (Å²) in [5.41, 5.74) is 1.30. The highest BCUT2D eigenvalue weighted by molar-refractivity contribution is 7.09. The number of thiazole rings is 1. The predicted molar refractivity (Wildman–Crippen MR) is 101 cm³/mol. The van der Waals surface area contributed by atoms with Crippen LogP contribution < -0.4 is 10.1 Å². The molecule has 2 N–H and O–H groups in total. The lowest BCUT2D eigenvalue weighted by Gasteiger charge is -2.20. The van der Waals surface area contributed by atoms with Crippen LogP contribution in [0.25, 0.3) is 0 Å². The van der Waals surface area contributed by atoms with Gasteiger partial charge >= 0.3 is 5.97 Å². The minimum Gasteiger partial charge on any atom is -0.481 e. The normalized spacial score (nSPS) is 12.5. The van der Waals surface area contributed by atoms with Gasteiger partial charge in [0.15, 0.2) is 11.8 Å². The van der Waals surface area contributed by atoms with Gasteiger partial charge in [-0.2, -0.15) is 0 Å². The van der Waals surface area contributed by atoms with E-state index < -0.39 is 12.1 Å². The fourth-order valence-electron chi connectivity index (χ4n) is 2.25. The van der Waals surface area contributed by atoms with Crippen molar-refractivity contribution in [3.8, 4) is 5.75 Å². The Morgan fingerprint density at radius 2 is 1.92 bits per heavy atom. The summed E-state index contributed by atoms with van der Waals surface area (Å²) in [5.74, 6) is -0.623. The van der Waals surface area contributed by atoms with Gasteiger partial charge in [-0.1, -0.05) is 32.9 Å². The highest BCUT2D eigenvalue weighted by Crippen LogP contribution is 2.24. The molecule has 0 aliphatic rings. The van der Waals surface area contributed by atoms with E-state index in [1.165, 1.54) is 22.3 Å². The quantitative estimate of drug-likeness (QED) is 0.774. The Balaban J connectivity index is 1.80. The van der Waals surface area contributed by atoms with Crippen LogP contribution in [0.2, 0.25) is 0 Å². The molecule has 1 atom stereocenters. The number of aromatic carboxylic acids is 1. The third kappa shape index (κ3) is 5.56. The van der Waals surface area contributed by atoms with Crippen molar-refractivity contribution in [1.29, 1.82) is 0 Å². The molecule has 26 heavy (non-hydrogen) atoms. The minimum atomic E-state index is -1.05. The topological polar surface area (TPSA) is 88.5 Å².